The molecule has 6 heteroatoms. The largest absolute Gasteiger partial charge is 0.436 e. The van der Waals surface area contributed by atoms with E-state index >= 15 is 0 Å². The molecule has 0 aliphatic carbocycles. The second-order valence-corrected chi connectivity index (χ2v) is 3.74. The average molecular weight is 256 g/mol. The highest BCUT2D eigenvalue weighted by Crippen LogP contribution is 2.29. The third-order valence-electron chi connectivity index (χ3n) is 1.80. The Morgan fingerprint density at radius 3 is 2.50 bits per heavy atom. The lowest BCUT2D eigenvalue weighted by Crippen LogP contribution is -1.96. The molecule has 2 N–H and O–H groups in total. The van der Waals surface area contributed by atoms with Crippen molar-refractivity contribution in [2.45, 2.75) is 0 Å². The number of ether oxygens (including phenoxy) is 1. The van der Waals surface area contributed by atoms with Crippen LogP contribution in [0.4, 0.5) is 5.82 Å². The number of halogens is 2. The van der Waals surface area contributed by atoms with E-state index in [1.807, 2.05) is 0 Å². The molecule has 0 aliphatic rings. The summed E-state index contributed by atoms with van der Waals surface area (Å²) in [6.45, 7) is 0. The molecule has 0 atom stereocenters. The number of rotatable bonds is 2. The van der Waals surface area contributed by atoms with Gasteiger partial charge in [-0.3, -0.25) is 0 Å². The number of anilines is 1. The summed E-state index contributed by atoms with van der Waals surface area (Å²) >= 11 is 11.6. The van der Waals surface area contributed by atoms with Gasteiger partial charge in [0.05, 0.1) is 10.0 Å². The Morgan fingerprint density at radius 1 is 1.06 bits per heavy atom. The first-order valence-electron chi connectivity index (χ1n) is 4.36. The zero-order valence-electron chi connectivity index (χ0n) is 8.02. The fourth-order valence-corrected chi connectivity index (χ4v) is 1.35. The van der Waals surface area contributed by atoms with Crippen molar-refractivity contribution in [2.24, 2.45) is 0 Å². The van der Waals surface area contributed by atoms with E-state index in [0.717, 1.165) is 0 Å². The molecule has 0 saturated carbocycles. The van der Waals surface area contributed by atoms with E-state index in [1.165, 1.54) is 12.4 Å². The second kappa shape index (κ2) is 4.55. The van der Waals surface area contributed by atoms with Gasteiger partial charge in [-0.05, 0) is 12.1 Å². The number of nitrogen functional groups attached to an aromatic ring is 1. The molecule has 16 heavy (non-hydrogen) atoms. The number of nitrogens with two attached hydrogens (primary N) is 1. The highest BCUT2D eigenvalue weighted by molar-refractivity contribution is 6.42. The summed E-state index contributed by atoms with van der Waals surface area (Å²) in [7, 11) is 0. The molecule has 0 fully saturated rings. The van der Waals surface area contributed by atoms with Gasteiger partial charge in [-0.2, -0.15) is 0 Å². The maximum Gasteiger partial charge on any atom is 0.262 e. The van der Waals surface area contributed by atoms with Gasteiger partial charge >= 0.3 is 0 Å². The Hall–Kier alpha value is -1.52. The van der Waals surface area contributed by atoms with Crippen LogP contribution in [0.1, 0.15) is 0 Å². The minimum absolute atomic E-state index is 0.216. The minimum atomic E-state index is 0.216. The molecule has 1 aromatic carbocycles. The van der Waals surface area contributed by atoms with Gasteiger partial charge in [0, 0.05) is 18.5 Å². The van der Waals surface area contributed by atoms with Crippen molar-refractivity contribution in [2.75, 3.05) is 5.73 Å². The summed E-state index contributed by atoms with van der Waals surface area (Å²) in [5.74, 6) is 0.955. The van der Waals surface area contributed by atoms with Crippen LogP contribution in [0, 0.1) is 0 Å². The van der Waals surface area contributed by atoms with Crippen LogP contribution < -0.4 is 10.5 Å². The van der Waals surface area contributed by atoms with Gasteiger partial charge < -0.3 is 10.5 Å². The first-order chi connectivity index (χ1) is 7.66. The first-order valence-corrected chi connectivity index (χ1v) is 5.12. The summed E-state index contributed by atoms with van der Waals surface area (Å²) in [6.07, 6.45) is 2.97. The van der Waals surface area contributed by atoms with E-state index in [1.54, 1.807) is 18.2 Å². The summed E-state index contributed by atoms with van der Waals surface area (Å²) in [5.41, 5.74) is 5.58. The molecular formula is C10H7Cl2N3O. The molecule has 0 radical (unpaired) electrons. The Labute approximate surface area is 102 Å². The van der Waals surface area contributed by atoms with Gasteiger partial charge in [0.15, 0.2) is 5.82 Å². The number of nitrogens with zero attached hydrogens (tertiary/aromatic N) is 2. The molecule has 0 unspecified atom stereocenters. The Morgan fingerprint density at radius 2 is 1.81 bits per heavy atom. The number of hydrogen-bond acceptors (Lipinski definition) is 4. The van der Waals surface area contributed by atoms with Crippen molar-refractivity contribution in [3.05, 3.63) is 40.6 Å². The topological polar surface area (TPSA) is 61.0 Å². The normalized spacial score (nSPS) is 10.1. The standard InChI is InChI=1S/C10H7Cl2N3O/c11-7-2-1-6(5-8(7)12)16-10-9(13)14-3-4-15-10/h1-5H,(H2,13,14). The first kappa shape index (κ1) is 11.0. The molecule has 0 saturated heterocycles. The Kier molecular flexibility index (Phi) is 3.12. The lowest BCUT2D eigenvalue weighted by molar-refractivity contribution is 0.463. The molecule has 0 aliphatic heterocycles. The predicted octanol–water partition coefficient (Wildman–Crippen LogP) is 3.16. The van der Waals surface area contributed by atoms with E-state index in [2.05, 4.69) is 9.97 Å². The summed E-state index contributed by atoms with van der Waals surface area (Å²) in [6, 6.07) is 4.88. The van der Waals surface area contributed by atoms with Crippen LogP contribution in [0.3, 0.4) is 0 Å². The Balaban J connectivity index is 2.28. The van der Waals surface area contributed by atoms with Crippen molar-refractivity contribution < 1.29 is 4.74 Å². The Bertz CT molecular complexity index is 519. The quantitative estimate of drug-likeness (QED) is 0.896. The molecule has 1 heterocycles. The summed E-state index contributed by atoms with van der Waals surface area (Å²) < 4.78 is 5.40. The van der Waals surface area contributed by atoms with Crippen LogP contribution in [0.15, 0.2) is 30.6 Å². The number of hydrogen-bond donors (Lipinski definition) is 1. The van der Waals surface area contributed by atoms with E-state index in [0.29, 0.717) is 15.8 Å². The van der Waals surface area contributed by atoms with Gasteiger partial charge in [-0.15, -0.1) is 0 Å². The maximum absolute atomic E-state index is 5.84. The van der Waals surface area contributed by atoms with Crippen LogP contribution in [0.2, 0.25) is 10.0 Å². The van der Waals surface area contributed by atoms with Gasteiger partial charge in [0.1, 0.15) is 5.75 Å². The highest BCUT2D eigenvalue weighted by Gasteiger charge is 2.05. The van der Waals surface area contributed by atoms with Crippen LogP contribution >= 0.6 is 23.2 Å². The van der Waals surface area contributed by atoms with Crippen molar-refractivity contribution in [1.29, 1.82) is 0 Å². The zero-order chi connectivity index (χ0) is 11.5. The van der Waals surface area contributed by atoms with Crippen LogP contribution in [0.5, 0.6) is 11.6 Å². The zero-order valence-corrected chi connectivity index (χ0v) is 9.53. The van der Waals surface area contributed by atoms with Crippen LogP contribution in [-0.4, -0.2) is 9.97 Å². The molecule has 1 aromatic heterocycles. The molecule has 4 nitrogen and oxygen atoms in total. The molecular weight excluding hydrogens is 249 g/mol. The molecule has 0 bridgehead atoms. The molecule has 0 amide bonds. The van der Waals surface area contributed by atoms with Crippen LogP contribution in [0.25, 0.3) is 0 Å². The second-order valence-electron chi connectivity index (χ2n) is 2.92. The van der Waals surface area contributed by atoms with Gasteiger partial charge in [-0.25, -0.2) is 9.97 Å². The monoisotopic (exact) mass is 255 g/mol. The van der Waals surface area contributed by atoms with Gasteiger partial charge in [0.2, 0.25) is 0 Å². The van der Waals surface area contributed by atoms with Gasteiger partial charge in [0.25, 0.3) is 5.88 Å². The molecule has 0 spiro atoms. The minimum Gasteiger partial charge on any atom is -0.436 e. The smallest absolute Gasteiger partial charge is 0.262 e. The number of benzene rings is 1. The highest BCUT2D eigenvalue weighted by atomic mass is 35.5. The van der Waals surface area contributed by atoms with Crippen molar-refractivity contribution in [1.82, 2.24) is 9.97 Å². The van der Waals surface area contributed by atoms with E-state index in [9.17, 15) is 0 Å². The summed E-state index contributed by atoms with van der Waals surface area (Å²) in [5, 5.41) is 0.864. The molecule has 2 rings (SSSR count). The lowest BCUT2D eigenvalue weighted by Gasteiger charge is -2.06. The number of aromatic nitrogens is 2. The average Bonchev–Trinajstić information content (AvgIpc) is 2.27. The molecule has 82 valence electrons. The van der Waals surface area contributed by atoms with E-state index < -0.39 is 0 Å². The fourth-order valence-electron chi connectivity index (χ4n) is 1.07. The lowest BCUT2D eigenvalue weighted by atomic mass is 10.3. The fraction of sp³-hybridized carbons (Fsp3) is 0. The van der Waals surface area contributed by atoms with Gasteiger partial charge in [-0.1, -0.05) is 23.2 Å². The van der Waals surface area contributed by atoms with Crippen molar-refractivity contribution in [3.8, 4) is 11.6 Å². The third-order valence-corrected chi connectivity index (χ3v) is 2.54. The predicted molar refractivity (Wildman–Crippen MR) is 63.0 cm³/mol. The summed E-state index contributed by atoms with van der Waals surface area (Å²) in [4.78, 5) is 7.79. The van der Waals surface area contributed by atoms with Crippen LogP contribution in [-0.2, 0) is 0 Å². The maximum atomic E-state index is 5.84. The van der Waals surface area contributed by atoms with Crippen molar-refractivity contribution >= 4 is 29.0 Å². The third kappa shape index (κ3) is 2.35. The SMILES string of the molecule is Nc1nccnc1Oc1ccc(Cl)c(Cl)c1. The molecule has 2 aromatic rings. The van der Waals surface area contributed by atoms with E-state index in [4.69, 9.17) is 33.7 Å². The van der Waals surface area contributed by atoms with E-state index in [-0.39, 0.29) is 11.7 Å². The van der Waals surface area contributed by atoms with Crippen molar-refractivity contribution in [3.63, 3.8) is 0 Å².